The zero-order valence-corrected chi connectivity index (χ0v) is 18.2. The van der Waals surface area contributed by atoms with Crippen molar-refractivity contribution in [2.24, 2.45) is 10.9 Å². The van der Waals surface area contributed by atoms with Gasteiger partial charge in [0, 0.05) is 26.2 Å². The van der Waals surface area contributed by atoms with Gasteiger partial charge in [0.15, 0.2) is 5.82 Å². The number of phenolic OH excluding ortho intramolecular Hbond substituents is 1. The molecule has 8 nitrogen and oxygen atoms in total. The molecule has 2 saturated heterocycles. The number of fused-ring (bicyclic) bond motifs is 1. The maximum Gasteiger partial charge on any atom is 0.230 e. The summed E-state index contributed by atoms with van der Waals surface area (Å²) < 4.78 is 0. The van der Waals surface area contributed by atoms with Crippen LogP contribution in [-0.2, 0) is 0 Å². The standard InChI is InChI=1S/C24H29N7O/c25-29-21(20-18-10-4-3-9-17(18)11-12-19(20)32)22-26-23(30-13-5-1-6-14-30)28-24(27-22)31-15-7-2-8-16-31/h3-4,9-12,32H,1-2,5-8,13-16,25H2/b29-21+. The lowest BCUT2D eigenvalue weighted by atomic mass is 9.99. The number of phenols is 1. The van der Waals surface area contributed by atoms with Crippen molar-refractivity contribution in [3.05, 3.63) is 47.8 Å². The highest BCUT2D eigenvalue weighted by atomic mass is 16.3. The van der Waals surface area contributed by atoms with Crippen LogP contribution in [0.4, 0.5) is 11.9 Å². The van der Waals surface area contributed by atoms with Gasteiger partial charge in [0.2, 0.25) is 11.9 Å². The number of hydrogen-bond donors (Lipinski definition) is 2. The highest BCUT2D eigenvalue weighted by Crippen LogP contribution is 2.30. The minimum atomic E-state index is 0.104. The Balaban J connectivity index is 1.65. The van der Waals surface area contributed by atoms with Crippen molar-refractivity contribution >= 4 is 28.4 Å². The van der Waals surface area contributed by atoms with Gasteiger partial charge in [-0.3, -0.25) is 0 Å². The maximum atomic E-state index is 10.8. The van der Waals surface area contributed by atoms with Gasteiger partial charge in [0.1, 0.15) is 11.5 Å². The van der Waals surface area contributed by atoms with E-state index in [0.29, 0.717) is 29.0 Å². The fourth-order valence-corrected chi connectivity index (χ4v) is 4.67. The molecule has 0 atom stereocenters. The van der Waals surface area contributed by atoms with E-state index in [4.69, 9.17) is 20.8 Å². The quantitative estimate of drug-likeness (QED) is 0.370. The molecule has 0 bridgehead atoms. The molecule has 2 aliphatic rings. The second kappa shape index (κ2) is 8.98. The maximum absolute atomic E-state index is 10.8. The van der Waals surface area contributed by atoms with Crippen LogP contribution in [0.1, 0.15) is 49.9 Å². The molecule has 2 aliphatic heterocycles. The number of piperidine rings is 2. The number of benzene rings is 2. The van der Waals surface area contributed by atoms with Crippen molar-refractivity contribution in [1.82, 2.24) is 15.0 Å². The molecule has 3 heterocycles. The Morgan fingerprint density at radius 3 is 1.97 bits per heavy atom. The van der Waals surface area contributed by atoms with E-state index >= 15 is 0 Å². The molecule has 0 radical (unpaired) electrons. The second-order valence-corrected chi connectivity index (χ2v) is 8.51. The molecular formula is C24H29N7O. The number of hydrogen-bond acceptors (Lipinski definition) is 8. The van der Waals surface area contributed by atoms with E-state index in [0.717, 1.165) is 62.6 Å². The van der Waals surface area contributed by atoms with Crippen molar-refractivity contribution in [1.29, 1.82) is 0 Å². The number of hydrazone groups is 1. The molecule has 0 aliphatic carbocycles. The second-order valence-electron chi connectivity index (χ2n) is 8.51. The van der Waals surface area contributed by atoms with Crippen LogP contribution < -0.4 is 15.6 Å². The Morgan fingerprint density at radius 1 is 0.781 bits per heavy atom. The van der Waals surface area contributed by atoms with E-state index < -0.39 is 0 Å². The Morgan fingerprint density at radius 2 is 1.38 bits per heavy atom. The lowest BCUT2D eigenvalue weighted by Crippen LogP contribution is -2.35. The topological polar surface area (TPSA) is 104 Å². The number of nitrogens with two attached hydrogens (primary N) is 1. The zero-order chi connectivity index (χ0) is 21.9. The Bertz CT molecular complexity index is 1100. The van der Waals surface area contributed by atoms with E-state index in [9.17, 15) is 5.11 Å². The molecule has 2 fully saturated rings. The number of aromatic hydroxyl groups is 1. The fraction of sp³-hybridized carbons (Fsp3) is 0.417. The molecule has 3 aromatic rings. The van der Waals surface area contributed by atoms with Crippen LogP contribution in [0.5, 0.6) is 5.75 Å². The summed E-state index contributed by atoms with van der Waals surface area (Å²) in [6.45, 7) is 3.71. The number of rotatable bonds is 4. The molecule has 32 heavy (non-hydrogen) atoms. The van der Waals surface area contributed by atoms with Gasteiger partial charge in [0.05, 0.1) is 5.56 Å². The summed E-state index contributed by atoms with van der Waals surface area (Å²) in [7, 11) is 0. The molecule has 5 rings (SSSR count). The Hall–Kier alpha value is -3.42. The number of anilines is 2. The minimum Gasteiger partial charge on any atom is -0.507 e. The van der Waals surface area contributed by atoms with Crippen LogP contribution in [0.25, 0.3) is 10.8 Å². The van der Waals surface area contributed by atoms with Crippen LogP contribution >= 0.6 is 0 Å². The average Bonchev–Trinajstić information content (AvgIpc) is 2.87. The predicted molar refractivity (Wildman–Crippen MR) is 127 cm³/mol. The van der Waals surface area contributed by atoms with E-state index in [2.05, 4.69) is 14.9 Å². The number of nitrogens with zero attached hydrogens (tertiary/aromatic N) is 6. The SMILES string of the molecule is N/N=C(/c1nc(N2CCCCC2)nc(N2CCCCC2)n1)c1c(O)ccc2ccccc12. The molecular weight excluding hydrogens is 402 g/mol. The molecule has 0 saturated carbocycles. The first kappa shape index (κ1) is 20.5. The monoisotopic (exact) mass is 431 g/mol. The molecule has 166 valence electrons. The lowest BCUT2D eigenvalue weighted by Gasteiger charge is -2.30. The molecule has 2 aromatic carbocycles. The van der Waals surface area contributed by atoms with Crippen molar-refractivity contribution in [2.75, 3.05) is 36.0 Å². The van der Waals surface area contributed by atoms with Gasteiger partial charge in [-0.05, 0) is 55.4 Å². The normalized spacial score (nSPS) is 17.7. The molecule has 0 unspecified atom stereocenters. The first-order valence-electron chi connectivity index (χ1n) is 11.5. The first-order valence-corrected chi connectivity index (χ1v) is 11.5. The van der Waals surface area contributed by atoms with Gasteiger partial charge in [-0.15, -0.1) is 0 Å². The van der Waals surface area contributed by atoms with E-state index in [1.165, 1.54) is 12.8 Å². The molecule has 0 amide bonds. The third-order valence-corrected chi connectivity index (χ3v) is 6.37. The van der Waals surface area contributed by atoms with Crippen molar-refractivity contribution < 1.29 is 5.11 Å². The summed E-state index contributed by atoms with van der Waals surface area (Å²) in [5, 5.41) is 16.7. The van der Waals surface area contributed by atoms with Crippen LogP contribution in [-0.4, -0.2) is 51.9 Å². The summed E-state index contributed by atoms with van der Waals surface area (Å²) in [5.41, 5.74) is 0.921. The third kappa shape index (κ3) is 3.92. The summed E-state index contributed by atoms with van der Waals surface area (Å²) in [6, 6.07) is 11.4. The van der Waals surface area contributed by atoms with Crippen LogP contribution in [0.15, 0.2) is 41.5 Å². The zero-order valence-electron chi connectivity index (χ0n) is 18.2. The first-order chi connectivity index (χ1) is 15.7. The van der Waals surface area contributed by atoms with E-state index in [1.807, 2.05) is 30.3 Å². The highest BCUT2D eigenvalue weighted by Gasteiger charge is 2.24. The molecule has 3 N–H and O–H groups in total. The fourth-order valence-electron chi connectivity index (χ4n) is 4.67. The van der Waals surface area contributed by atoms with E-state index in [1.54, 1.807) is 6.07 Å². The Kier molecular flexibility index (Phi) is 5.75. The molecule has 1 aromatic heterocycles. The molecule has 8 heteroatoms. The summed E-state index contributed by atoms with van der Waals surface area (Å²) in [6.07, 6.45) is 6.97. The van der Waals surface area contributed by atoms with Crippen LogP contribution in [0, 0.1) is 0 Å². The van der Waals surface area contributed by atoms with Crippen molar-refractivity contribution in [2.45, 2.75) is 38.5 Å². The largest absolute Gasteiger partial charge is 0.507 e. The highest BCUT2D eigenvalue weighted by molar-refractivity contribution is 6.19. The minimum absolute atomic E-state index is 0.104. The van der Waals surface area contributed by atoms with Gasteiger partial charge in [-0.2, -0.15) is 20.1 Å². The van der Waals surface area contributed by atoms with Gasteiger partial charge in [0.25, 0.3) is 0 Å². The predicted octanol–water partition coefficient (Wildman–Crippen LogP) is 3.42. The average molecular weight is 432 g/mol. The van der Waals surface area contributed by atoms with Gasteiger partial charge in [-0.1, -0.05) is 30.3 Å². The van der Waals surface area contributed by atoms with Gasteiger partial charge in [-0.25, -0.2) is 0 Å². The summed E-state index contributed by atoms with van der Waals surface area (Å²) in [5.74, 6) is 7.73. The van der Waals surface area contributed by atoms with Gasteiger partial charge < -0.3 is 20.7 Å². The van der Waals surface area contributed by atoms with Crippen molar-refractivity contribution in [3.8, 4) is 5.75 Å². The molecule has 0 spiro atoms. The summed E-state index contributed by atoms with van der Waals surface area (Å²) >= 11 is 0. The smallest absolute Gasteiger partial charge is 0.230 e. The lowest BCUT2D eigenvalue weighted by molar-refractivity contribution is 0.475. The summed E-state index contributed by atoms with van der Waals surface area (Å²) in [4.78, 5) is 18.9. The van der Waals surface area contributed by atoms with Gasteiger partial charge >= 0.3 is 0 Å². The van der Waals surface area contributed by atoms with E-state index in [-0.39, 0.29) is 5.75 Å². The Labute approximate surface area is 187 Å². The van der Waals surface area contributed by atoms with Crippen LogP contribution in [0.2, 0.25) is 0 Å². The van der Waals surface area contributed by atoms with Crippen LogP contribution in [0.3, 0.4) is 0 Å². The number of aromatic nitrogens is 3. The third-order valence-electron chi connectivity index (χ3n) is 6.37. The van der Waals surface area contributed by atoms with Crippen molar-refractivity contribution in [3.63, 3.8) is 0 Å².